The largest absolute Gasteiger partial charge is 0.465 e. The van der Waals surface area contributed by atoms with Crippen LogP contribution in [-0.2, 0) is 16.1 Å². The van der Waals surface area contributed by atoms with Crippen LogP contribution in [0.5, 0.6) is 0 Å². The van der Waals surface area contributed by atoms with Crippen molar-refractivity contribution in [2.75, 3.05) is 11.9 Å². The normalized spacial score (nSPS) is 16.5. The number of furan rings is 1. The number of carbonyl (C=O) groups is 2. The Morgan fingerprint density at radius 2 is 2.23 bits per heavy atom. The minimum Gasteiger partial charge on any atom is -0.465 e. The molecule has 30 heavy (non-hydrogen) atoms. The lowest BCUT2D eigenvalue weighted by molar-refractivity contribution is -0.132. The topological polar surface area (TPSA) is 106 Å². The summed E-state index contributed by atoms with van der Waals surface area (Å²) in [5.41, 5.74) is 2.36. The van der Waals surface area contributed by atoms with Crippen LogP contribution in [0.2, 0.25) is 0 Å². The van der Waals surface area contributed by atoms with Gasteiger partial charge in [0, 0.05) is 24.4 Å². The minimum absolute atomic E-state index is 0.210. The molecule has 0 aromatic carbocycles. The van der Waals surface area contributed by atoms with Crippen LogP contribution in [0, 0.1) is 13.8 Å². The lowest BCUT2D eigenvalue weighted by Gasteiger charge is -2.22. The van der Waals surface area contributed by atoms with Crippen LogP contribution in [0.15, 0.2) is 45.8 Å². The van der Waals surface area contributed by atoms with Gasteiger partial charge in [0.25, 0.3) is 0 Å². The van der Waals surface area contributed by atoms with Gasteiger partial charge in [-0.15, -0.1) is 0 Å². The Bertz CT molecular complexity index is 1040. The summed E-state index contributed by atoms with van der Waals surface area (Å²) in [7, 11) is 0. The molecule has 4 rings (SSSR count). The molecule has 0 aliphatic carbocycles. The number of aromatic nitrogens is 3. The third kappa shape index (κ3) is 4.19. The fourth-order valence-corrected chi connectivity index (χ4v) is 3.57. The lowest BCUT2D eigenvalue weighted by atomic mass is 10.2. The molecule has 1 atom stereocenters. The Balaban J connectivity index is 1.38. The second kappa shape index (κ2) is 8.40. The molecular formula is C21H23N5O4. The van der Waals surface area contributed by atoms with Crippen molar-refractivity contribution in [3.05, 3.63) is 59.6 Å². The van der Waals surface area contributed by atoms with Crippen LogP contribution in [0.4, 0.5) is 5.69 Å². The highest BCUT2D eigenvalue weighted by molar-refractivity contribution is 6.00. The van der Waals surface area contributed by atoms with Crippen molar-refractivity contribution < 1.29 is 18.5 Å². The molecule has 9 heteroatoms. The van der Waals surface area contributed by atoms with Crippen LogP contribution < -0.4 is 5.32 Å². The van der Waals surface area contributed by atoms with Crippen LogP contribution in [0.3, 0.4) is 0 Å². The van der Waals surface area contributed by atoms with E-state index in [4.69, 9.17) is 8.94 Å². The molecule has 4 heterocycles. The molecule has 0 bridgehead atoms. The predicted octanol–water partition coefficient (Wildman–Crippen LogP) is 2.77. The second-order valence-electron chi connectivity index (χ2n) is 7.26. The molecule has 0 spiro atoms. The van der Waals surface area contributed by atoms with Gasteiger partial charge < -0.3 is 19.2 Å². The number of rotatable bonds is 6. The van der Waals surface area contributed by atoms with E-state index in [0.29, 0.717) is 31.0 Å². The molecule has 1 aliphatic heterocycles. The monoisotopic (exact) mass is 409 g/mol. The van der Waals surface area contributed by atoms with E-state index < -0.39 is 6.04 Å². The zero-order valence-corrected chi connectivity index (χ0v) is 16.9. The molecule has 156 valence electrons. The van der Waals surface area contributed by atoms with E-state index in [1.165, 1.54) is 6.08 Å². The summed E-state index contributed by atoms with van der Waals surface area (Å²) in [6.45, 7) is 4.78. The summed E-state index contributed by atoms with van der Waals surface area (Å²) < 4.78 is 12.1. The van der Waals surface area contributed by atoms with E-state index in [1.54, 1.807) is 46.4 Å². The highest BCUT2D eigenvalue weighted by Crippen LogP contribution is 2.21. The van der Waals surface area contributed by atoms with Crippen LogP contribution in [-0.4, -0.2) is 44.2 Å². The van der Waals surface area contributed by atoms with E-state index >= 15 is 0 Å². The third-order valence-electron chi connectivity index (χ3n) is 5.17. The van der Waals surface area contributed by atoms with Crippen molar-refractivity contribution in [3.63, 3.8) is 0 Å². The van der Waals surface area contributed by atoms with Crippen LogP contribution in [0.1, 0.15) is 35.6 Å². The number of amides is 2. The molecule has 0 saturated carbocycles. The summed E-state index contributed by atoms with van der Waals surface area (Å²) in [6.07, 6.45) is 9.33. The maximum Gasteiger partial charge on any atom is 0.247 e. The Morgan fingerprint density at radius 1 is 1.37 bits per heavy atom. The molecule has 2 amide bonds. The maximum absolute atomic E-state index is 12.8. The molecular weight excluding hydrogens is 386 g/mol. The summed E-state index contributed by atoms with van der Waals surface area (Å²) in [5.74, 6) is 0.910. The number of likely N-dealkylation sites (tertiary alicyclic amines) is 1. The first-order chi connectivity index (χ1) is 14.5. The van der Waals surface area contributed by atoms with Gasteiger partial charge in [0.2, 0.25) is 11.8 Å². The molecule has 1 aliphatic rings. The maximum atomic E-state index is 12.8. The number of nitrogens with one attached hydrogen (secondary N) is 1. The van der Waals surface area contributed by atoms with Crippen LogP contribution >= 0.6 is 0 Å². The van der Waals surface area contributed by atoms with Gasteiger partial charge in [-0.3, -0.25) is 14.3 Å². The van der Waals surface area contributed by atoms with Crippen molar-refractivity contribution in [1.82, 2.24) is 19.8 Å². The van der Waals surface area contributed by atoms with Crippen molar-refractivity contribution in [3.8, 4) is 0 Å². The molecule has 9 nitrogen and oxygen atoms in total. The molecule has 3 aromatic heterocycles. The van der Waals surface area contributed by atoms with Gasteiger partial charge in [-0.2, -0.15) is 5.10 Å². The summed E-state index contributed by atoms with van der Waals surface area (Å²) >= 11 is 0. The summed E-state index contributed by atoms with van der Waals surface area (Å²) in [6, 6.07) is 3.00. The zero-order valence-electron chi connectivity index (χ0n) is 16.9. The Hall–Kier alpha value is -3.62. The van der Waals surface area contributed by atoms with Gasteiger partial charge in [-0.05, 0) is 44.9 Å². The zero-order chi connectivity index (χ0) is 21.1. The van der Waals surface area contributed by atoms with Crippen molar-refractivity contribution in [1.29, 1.82) is 0 Å². The van der Waals surface area contributed by atoms with Gasteiger partial charge in [-0.25, -0.2) is 0 Å². The average Bonchev–Trinajstić information content (AvgIpc) is 3.52. The molecule has 1 saturated heterocycles. The quantitative estimate of drug-likeness (QED) is 0.628. The van der Waals surface area contributed by atoms with E-state index in [1.807, 2.05) is 13.8 Å². The van der Waals surface area contributed by atoms with Gasteiger partial charge in [0.1, 0.15) is 17.6 Å². The highest BCUT2D eigenvalue weighted by Gasteiger charge is 2.33. The second-order valence-corrected chi connectivity index (χ2v) is 7.26. The number of hydrogen-bond acceptors (Lipinski definition) is 6. The summed E-state index contributed by atoms with van der Waals surface area (Å²) in [5, 5.41) is 11.1. The van der Waals surface area contributed by atoms with Gasteiger partial charge in [0.05, 0.1) is 30.4 Å². The van der Waals surface area contributed by atoms with E-state index in [0.717, 1.165) is 23.4 Å². The number of carbonyl (C=O) groups excluding carboxylic acids is 2. The van der Waals surface area contributed by atoms with Gasteiger partial charge in [0.15, 0.2) is 0 Å². The van der Waals surface area contributed by atoms with E-state index in [9.17, 15) is 9.59 Å². The van der Waals surface area contributed by atoms with E-state index in [2.05, 4.69) is 15.6 Å². The first kappa shape index (κ1) is 19.7. The molecule has 1 N–H and O–H groups in total. The molecule has 3 aromatic rings. The molecule has 0 radical (unpaired) electrons. The Kier molecular flexibility index (Phi) is 5.51. The first-order valence-corrected chi connectivity index (χ1v) is 9.78. The highest BCUT2D eigenvalue weighted by atomic mass is 16.5. The number of hydrogen-bond donors (Lipinski definition) is 1. The van der Waals surface area contributed by atoms with Gasteiger partial charge >= 0.3 is 0 Å². The van der Waals surface area contributed by atoms with Crippen molar-refractivity contribution >= 4 is 23.6 Å². The van der Waals surface area contributed by atoms with Gasteiger partial charge in [-0.1, -0.05) is 5.16 Å². The van der Waals surface area contributed by atoms with Crippen molar-refractivity contribution in [2.24, 2.45) is 0 Å². The average molecular weight is 409 g/mol. The number of aryl methyl sites for hydroxylation is 2. The Morgan fingerprint density at radius 3 is 2.97 bits per heavy atom. The fourth-order valence-electron chi connectivity index (χ4n) is 3.57. The number of anilines is 1. The minimum atomic E-state index is -0.510. The lowest BCUT2D eigenvalue weighted by Crippen LogP contribution is -2.42. The Labute approximate surface area is 173 Å². The summed E-state index contributed by atoms with van der Waals surface area (Å²) in [4.78, 5) is 26.9. The van der Waals surface area contributed by atoms with E-state index in [-0.39, 0.29) is 11.8 Å². The number of nitrogens with zero attached hydrogens (tertiary/aromatic N) is 4. The van der Waals surface area contributed by atoms with Crippen molar-refractivity contribution in [2.45, 2.75) is 39.3 Å². The first-order valence-electron chi connectivity index (χ1n) is 9.78. The van der Waals surface area contributed by atoms with Crippen LogP contribution in [0.25, 0.3) is 6.08 Å². The third-order valence-corrected chi connectivity index (χ3v) is 5.17. The molecule has 1 fully saturated rings. The standard InChI is InChI=1S/C21H23N5O4/c1-14-18(15(2)30-24-14)13-25-12-16(11-22-25)23-21(28)19-6-3-9-26(19)20(27)8-7-17-5-4-10-29-17/h4-5,7-8,10-12,19H,3,6,9,13H2,1-2H3,(H,23,28)/b8-7+/t19-/m0/s1. The smallest absolute Gasteiger partial charge is 0.247 e. The predicted molar refractivity (Wildman–Crippen MR) is 108 cm³/mol. The fraction of sp³-hybridized carbons (Fsp3) is 0.333. The molecule has 0 unspecified atom stereocenters. The SMILES string of the molecule is Cc1noc(C)c1Cn1cc(NC(=O)[C@@H]2CCCN2C(=O)/C=C/c2ccco2)cn1.